The number of ether oxygens (including phenoxy) is 1. The smallest absolute Gasteiger partial charge is 0.298 e. The van der Waals surface area contributed by atoms with Crippen LogP contribution >= 0.6 is 0 Å². The van der Waals surface area contributed by atoms with E-state index in [9.17, 15) is 9.90 Å². The molecule has 2 rings (SSSR count). The lowest BCUT2D eigenvalue weighted by Gasteiger charge is -2.17. The molecular weight excluding hydrogens is 200 g/mol. The number of anilines is 1. The number of amides is 1. The van der Waals surface area contributed by atoms with Gasteiger partial charge in [-0.3, -0.25) is 4.79 Å². The van der Waals surface area contributed by atoms with Gasteiger partial charge in [0.2, 0.25) is 5.95 Å². The van der Waals surface area contributed by atoms with E-state index in [1.54, 1.807) is 6.92 Å². The molecule has 80 valence electrons. The zero-order chi connectivity index (χ0) is 11.0. The fourth-order valence-electron chi connectivity index (χ4n) is 1.48. The fraction of sp³-hybridized carbons (Fsp3) is 0.375. The van der Waals surface area contributed by atoms with Crippen LogP contribution in [0.5, 0.6) is 0 Å². The highest BCUT2D eigenvalue weighted by Crippen LogP contribution is 2.27. The number of H-pyrrole nitrogens is 1. The summed E-state index contributed by atoms with van der Waals surface area (Å²) in [5.74, 6) is -0.1000. The largest absolute Gasteiger partial charge is 0.491 e. The third-order valence-corrected chi connectivity index (χ3v) is 2.24. The Bertz CT molecular complexity index is 412. The van der Waals surface area contributed by atoms with Crippen molar-refractivity contribution in [1.29, 1.82) is 0 Å². The van der Waals surface area contributed by atoms with E-state index in [2.05, 4.69) is 15.2 Å². The van der Waals surface area contributed by atoms with Crippen LogP contribution in [0.4, 0.5) is 5.95 Å². The Morgan fingerprint density at radius 3 is 2.87 bits per heavy atom. The van der Waals surface area contributed by atoms with Crippen LogP contribution in [0.3, 0.4) is 0 Å². The van der Waals surface area contributed by atoms with Gasteiger partial charge in [0.25, 0.3) is 5.91 Å². The molecule has 2 heterocycles. The first kappa shape index (κ1) is 9.66. The van der Waals surface area contributed by atoms with Crippen molar-refractivity contribution in [3.05, 3.63) is 17.7 Å². The standard InChI is InChI=1S/C8H10N4O3/c1-4-5(15-2)7(14)12(6(4)13)8-9-3-10-11-8/h3,6,13H,1-2H3,(H,9,10,11). The molecule has 7 heteroatoms. The van der Waals surface area contributed by atoms with Crippen LogP contribution < -0.4 is 4.90 Å². The first-order valence-electron chi connectivity index (χ1n) is 4.29. The maximum atomic E-state index is 11.8. The first-order valence-corrected chi connectivity index (χ1v) is 4.29. The molecule has 1 amide bonds. The minimum absolute atomic E-state index is 0.138. The lowest BCUT2D eigenvalue weighted by Crippen LogP contribution is -2.36. The molecule has 0 fully saturated rings. The van der Waals surface area contributed by atoms with Crippen LogP contribution in [-0.2, 0) is 9.53 Å². The number of aromatic nitrogens is 3. The van der Waals surface area contributed by atoms with E-state index >= 15 is 0 Å². The Morgan fingerprint density at radius 2 is 2.40 bits per heavy atom. The number of hydrogen-bond acceptors (Lipinski definition) is 5. The van der Waals surface area contributed by atoms with Gasteiger partial charge in [0.1, 0.15) is 6.33 Å². The van der Waals surface area contributed by atoms with Crippen molar-refractivity contribution >= 4 is 11.9 Å². The second-order valence-corrected chi connectivity index (χ2v) is 3.08. The third-order valence-electron chi connectivity index (χ3n) is 2.24. The van der Waals surface area contributed by atoms with Gasteiger partial charge in [-0.15, -0.1) is 10.2 Å². The van der Waals surface area contributed by atoms with Crippen LogP contribution in [0.15, 0.2) is 17.7 Å². The minimum atomic E-state index is -1.06. The SMILES string of the molecule is COC1=C(C)C(O)N(c2nnc[nH]2)C1=O. The molecule has 0 spiro atoms. The average molecular weight is 210 g/mol. The maximum absolute atomic E-state index is 11.8. The van der Waals surface area contributed by atoms with E-state index < -0.39 is 12.1 Å². The van der Waals surface area contributed by atoms with E-state index in [1.807, 2.05) is 0 Å². The molecule has 0 aliphatic carbocycles. The number of carbonyl (C=O) groups excluding carboxylic acids is 1. The molecule has 15 heavy (non-hydrogen) atoms. The summed E-state index contributed by atoms with van der Waals surface area (Å²) in [6, 6.07) is 0. The van der Waals surface area contributed by atoms with E-state index in [0.717, 1.165) is 4.90 Å². The van der Waals surface area contributed by atoms with Gasteiger partial charge < -0.3 is 14.8 Å². The number of aliphatic hydroxyl groups excluding tert-OH is 1. The number of hydrogen-bond donors (Lipinski definition) is 2. The van der Waals surface area contributed by atoms with Crippen LogP contribution in [0.1, 0.15) is 6.92 Å². The number of aliphatic hydroxyl groups is 1. The molecular formula is C8H10N4O3. The molecule has 0 saturated heterocycles. The molecule has 7 nitrogen and oxygen atoms in total. The van der Waals surface area contributed by atoms with Gasteiger partial charge in [-0.25, -0.2) is 4.90 Å². The van der Waals surface area contributed by atoms with Gasteiger partial charge in [-0.05, 0) is 6.92 Å². The monoisotopic (exact) mass is 210 g/mol. The normalized spacial score (nSPS) is 21.4. The summed E-state index contributed by atoms with van der Waals surface area (Å²) in [6.45, 7) is 1.62. The summed E-state index contributed by atoms with van der Waals surface area (Å²) in [5.41, 5.74) is 0.457. The number of aromatic amines is 1. The van der Waals surface area contributed by atoms with Crippen LogP contribution in [-0.4, -0.2) is 39.5 Å². The molecule has 2 N–H and O–H groups in total. The summed E-state index contributed by atoms with van der Waals surface area (Å²) in [4.78, 5) is 15.5. The molecule has 1 unspecified atom stereocenters. The van der Waals surface area contributed by atoms with Crippen molar-refractivity contribution in [1.82, 2.24) is 15.2 Å². The highest BCUT2D eigenvalue weighted by atomic mass is 16.5. The van der Waals surface area contributed by atoms with E-state index in [1.165, 1.54) is 13.4 Å². The lowest BCUT2D eigenvalue weighted by atomic mass is 10.3. The highest BCUT2D eigenvalue weighted by molar-refractivity contribution is 6.07. The molecule has 1 atom stereocenters. The van der Waals surface area contributed by atoms with Crippen molar-refractivity contribution in [2.24, 2.45) is 0 Å². The summed E-state index contributed by atoms with van der Waals surface area (Å²) in [7, 11) is 1.38. The van der Waals surface area contributed by atoms with Gasteiger partial charge in [0.15, 0.2) is 12.0 Å². The van der Waals surface area contributed by atoms with Crippen molar-refractivity contribution < 1.29 is 14.6 Å². The number of rotatable bonds is 2. The number of methoxy groups -OCH3 is 1. The van der Waals surface area contributed by atoms with Gasteiger partial charge in [-0.2, -0.15) is 0 Å². The summed E-state index contributed by atoms with van der Waals surface area (Å²) in [6.07, 6.45) is 0.274. The third kappa shape index (κ3) is 1.28. The van der Waals surface area contributed by atoms with Crippen molar-refractivity contribution in [2.75, 3.05) is 12.0 Å². The van der Waals surface area contributed by atoms with Crippen molar-refractivity contribution in [2.45, 2.75) is 13.2 Å². The summed E-state index contributed by atoms with van der Waals surface area (Å²) >= 11 is 0. The zero-order valence-corrected chi connectivity index (χ0v) is 8.26. The van der Waals surface area contributed by atoms with Gasteiger partial charge in [0.05, 0.1) is 7.11 Å². The average Bonchev–Trinajstić information content (AvgIpc) is 2.77. The minimum Gasteiger partial charge on any atom is -0.491 e. The van der Waals surface area contributed by atoms with E-state index in [0.29, 0.717) is 5.57 Å². The predicted octanol–water partition coefficient (Wildman–Crippen LogP) is -0.610. The number of carbonyl (C=O) groups is 1. The molecule has 0 bridgehead atoms. The summed E-state index contributed by atoms with van der Waals surface area (Å²) in [5, 5.41) is 17.0. The van der Waals surface area contributed by atoms with Crippen molar-refractivity contribution in [3.63, 3.8) is 0 Å². The molecule has 0 saturated carbocycles. The molecule has 1 aromatic heterocycles. The topological polar surface area (TPSA) is 91.3 Å². The Hall–Kier alpha value is -1.89. The van der Waals surface area contributed by atoms with Crippen LogP contribution in [0.25, 0.3) is 0 Å². The quantitative estimate of drug-likeness (QED) is 0.679. The lowest BCUT2D eigenvalue weighted by molar-refractivity contribution is -0.118. The fourth-order valence-corrected chi connectivity index (χ4v) is 1.48. The Labute approximate surface area is 85.4 Å². The van der Waals surface area contributed by atoms with Gasteiger partial charge in [0, 0.05) is 5.57 Å². The van der Waals surface area contributed by atoms with Crippen molar-refractivity contribution in [3.8, 4) is 0 Å². The Kier molecular flexibility index (Phi) is 2.16. The Morgan fingerprint density at radius 1 is 1.67 bits per heavy atom. The maximum Gasteiger partial charge on any atom is 0.298 e. The zero-order valence-electron chi connectivity index (χ0n) is 8.26. The molecule has 0 aromatic carbocycles. The highest BCUT2D eigenvalue weighted by Gasteiger charge is 2.39. The van der Waals surface area contributed by atoms with E-state index in [4.69, 9.17) is 4.74 Å². The van der Waals surface area contributed by atoms with Gasteiger partial charge >= 0.3 is 0 Å². The van der Waals surface area contributed by atoms with Gasteiger partial charge in [-0.1, -0.05) is 0 Å². The second-order valence-electron chi connectivity index (χ2n) is 3.08. The van der Waals surface area contributed by atoms with E-state index in [-0.39, 0.29) is 11.7 Å². The second kappa shape index (κ2) is 3.35. The first-order chi connectivity index (χ1) is 7.16. The number of nitrogens with one attached hydrogen (secondary N) is 1. The summed E-state index contributed by atoms with van der Waals surface area (Å²) < 4.78 is 4.90. The molecule has 0 radical (unpaired) electrons. The number of nitrogens with zero attached hydrogens (tertiary/aromatic N) is 3. The van der Waals surface area contributed by atoms with Crippen LogP contribution in [0, 0.1) is 0 Å². The predicted molar refractivity (Wildman–Crippen MR) is 49.6 cm³/mol. The Balaban J connectivity index is 2.37. The molecule has 1 aliphatic rings. The molecule has 1 aromatic rings. The molecule has 1 aliphatic heterocycles. The van der Waals surface area contributed by atoms with Crippen LogP contribution in [0.2, 0.25) is 0 Å².